The molecule has 0 atom stereocenters. The van der Waals surface area contributed by atoms with Crippen molar-refractivity contribution in [2.24, 2.45) is 0 Å². The summed E-state index contributed by atoms with van der Waals surface area (Å²) in [5.74, 6) is 0.430. The lowest BCUT2D eigenvalue weighted by Crippen LogP contribution is -2.39. The topological polar surface area (TPSA) is 50.4 Å². The molecular formula is C21H20N2O2. The van der Waals surface area contributed by atoms with E-state index in [1.165, 1.54) is 0 Å². The highest BCUT2D eigenvalue weighted by atomic mass is 16.5. The molecule has 0 aliphatic heterocycles. The van der Waals surface area contributed by atoms with Crippen molar-refractivity contribution in [3.63, 3.8) is 0 Å². The van der Waals surface area contributed by atoms with Crippen LogP contribution in [0.3, 0.4) is 0 Å². The van der Waals surface area contributed by atoms with Gasteiger partial charge in [0.2, 0.25) is 0 Å². The van der Waals surface area contributed by atoms with Crippen molar-refractivity contribution in [3.05, 3.63) is 84.1 Å². The van der Waals surface area contributed by atoms with E-state index in [-0.39, 0.29) is 12.5 Å². The number of ether oxygens (including phenoxy) is 1. The second-order valence-electron chi connectivity index (χ2n) is 5.71. The Labute approximate surface area is 147 Å². The lowest BCUT2D eigenvalue weighted by atomic mass is 10.1. The molecule has 0 heterocycles. The smallest absolute Gasteiger partial charge is 0.276 e. The monoisotopic (exact) mass is 332 g/mol. The minimum Gasteiger partial charge on any atom is -0.484 e. The average Bonchev–Trinajstić information content (AvgIpc) is 2.65. The summed E-state index contributed by atoms with van der Waals surface area (Å²) in [4.78, 5) is 11.9. The maximum absolute atomic E-state index is 11.9. The number of carbonyl (C=O) groups excluding carboxylic acids is 1. The number of benzene rings is 3. The number of hydrogen-bond donors (Lipinski definition) is 2. The first-order chi connectivity index (χ1) is 12.2. The zero-order valence-electron chi connectivity index (χ0n) is 14.0. The van der Waals surface area contributed by atoms with E-state index in [1.807, 2.05) is 85.8 Å². The van der Waals surface area contributed by atoms with Gasteiger partial charge in [-0.3, -0.25) is 10.2 Å². The van der Waals surface area contributed by atoms with Crippen LogP contribution in [-0.2, 0) is 4.79 Å². The largest absolute Gasteiger partial charge is 0.484 e. The van der Waals surface area contributed by atoms with Crippen LogP contribution in [0.2, 0.25) is 0 Å². The fourth-order valence-corrected chi connectivity index (χ4v) is 2.45. The number of hydrazine groups is 1. The van der Waals surface area contributed by atoms with Gasteiger partial charge in [-0.05, 0) is 41.5 Å². The molecule has 4 heteroatoms. The second-order valence-corrected chi connectivity index (χ2v) is 5.71. The maximum atomic E-state index is 11.9. The molecule has 1 amide bonds. The number of amides is 1. The summed E-state index contributed by atoms with van der Waals surface area (Å²) >= 11 is 0. The highest BCUT2D eigenvalue weighted by Crippen LogP contribution is 2.20. The van der Waals surface area contributed by atoms with Crippen LogP contribution in [0.4, 0.5) is 0 Å². The van der Waals surface area contributed by atoms with Gasteiger partial charge in [0.05, 0.1) is 0 Å². The molecule has 0 spiro atoms. The average molecular weight is 332 g/mol. The van der Waals surface area contributed by atoms with Crippen LogP contribution < -0.4 is 15.6 Å². The van der Waals surface area contributed by atoms with Crippen LogP contribution in [-0.4, -0.2) is 12.5 Å². The van der Waals surface area contributed by atoms with E-state index in [1.54, 1.807) is 0 Å². The predicted octanol–water partition coefficient (Wildman–Crippen LogP) is 3.90. The second kappa shape index (κ2) is 8.02. The van der Waals surface area contributed by atoms with Crippen LogP contribution in [0.15, 0.2) is 78.5 Å². The SMILES string of the molecule is C/C(=C/c1ccccc1)NNC(=O)COc1ccc2ccccc2c1. The van der Waals surface area contributed by atoms with E-state index in [4.69, 9.17) is 4.74 Å². The van der Waals surface area contributed by atoms with Crippen molar-refractivity contribution in [3.8, 4) is 5.75 Å². The molecule has 0 bridgehead atoms. The molecule has 0 saturated heterocycles. The summed E-state index contributed by atoms with van der Waals surface area (Å²) < 4.78 is 5.55. The van der Waals surface area contributed by atoms with E-state index in [9.17, 15) is 4.79 Å². The molecule has 3 aromatic rings. The molecule has 0 unspecified atom stereocenters. The number of hydrogen-bond acceptors (Lipinski definition) is 3. The van der Waals surface area contributed by atoms with Gasteiger partial charge in [-0.25, -0.2) is 0 Å². The summed E-state index contributed by atoms with van der Waals surface area (Å²) in [5.41, 5.74) is 7.41. The van der Waals surface area contributed by atoms with E-state index < -0.39 is 0 Å². The highest BCUT2D eigenvalue weighted by molar-refractivity contribution is 5.84. The van der Waals surface area contributed by atoms with Gasteiger partial charge >= 0.3 is 0 Å². The summed E-state index contributed by atoms with van der Waals surface area (Å²) in [6, 6.07) is 23.7. The van der Waals surface area contributed by atoms with Gasteiger partial charge < -0.3 is 10.2 Å². The summed E-state index contributed by atoms with van der Waals surface area (Å²) in [7, 11) is 0. The molecule has 0 fully saturated rings. The Hall–Kier alpha value is -3.27. The summed E-state index contributed by atoms with van der Waals surface area (Å²) in [5, 5.41) is 2.22. The Balaban J connectivity index is 1.49. The van der Waals surface area contributed by atoms with Crippen molar-refractivity contribution >= 4 is 22.8 Å². The zero-order valence-corrected chi connectivity index (χ0v) is 14.0. The van der Waals surface area contributed by atoms with Crippen LogP contribution in [0.25, 0.3) is 16.8 Å². The molecule has 0 aliphatic carbocycles. The van der Waals surface area contributed by atoms with Crippen LogP contribution in [0.1, 0.15) is 12.5 Å². The Morgan fingerprint density at radius 2 is 1.64 bits per heavy atom. The van der Waals surface area contributed by atoms with Crippen molar-refractivity contribution in [2.75, 3.05) is 6.61 Å². The Morgan fingerprint density at radius 3 is 2.44 bits per heavy atom. The minimum absolute atomic E-state index is 0.0516. The van der Waals surface area contributed by atoms with Gasteiger partial charge in [-0.2, -0.15) is 0 Å². The zero-order chi connectivity index (χ0) is 17.5. The van der Waals surface area contributed by atoms with Crippen LogP contribution in [0.5, 0.6) is 5.75 Å². The quantitative estimate of drug-likeness (QED) is 0.673. The summed E-state index contributed by atoms with van der Waals surface area (Å²) in [6.07, 6.45) is 1.95. The third-order valence-electron chi connectivity index (χ3n) is 3.67. The molecule has 0 aliphatic rings. The van der Waals surface area contributed by atoms with E-state index >= 15 is 0 Å². The minimum atomic E-state index is -0.242. The third-order valence-corrected chi connectivity index (χ3v) is 3.67. The van der Waals surface area contributed by atoms with E-state index in [0.717, 1.165) is 22.0 Å². The Kier molecular flexibility index (Phi) is 5.32. The molecule has 0 saturated carbocycles. The van der Waals surface area contributed by atoms with Gasteiger partial charge in [0.15, 0.2) is 6.61 Å². The molecule has 3 rings (SSSR count). The first-order valence-corrected chi connectivity index (χ1v) is 8.10. The third kappa shape index (κ3) is 4.85. The molecular weight excluding hydrogens is 312 g/mol. The molecule has 0 aromatic heterocycles. The van der Waals surface area contributed by atoms with Gasteiger partial charge in [-0.15, -0.1) is 0 Å². The van der Waals surface area contributed by atoms with E-state index in [0.29, 0.717) is 5.75 Å². The Morgan fingerprint density at radius 1 is 0.920 bits per heavy atom. The van der Waals surface area contributed by atoms with Gasteiger partial charge in [0.25, 0.3) is 5.91 Å². The van der Waals surface area contributed by atoms with Crippen LogP contribution >= 0.6 is 0 Å². The predicted molar refractivity (Wildman–Crippen MR) is 101 cm³/mol. The molecule has 3 aromatic carbocycles. The molecule has 2 N–H and O–H groups in total. The number of allylic oxidation sites excluding steroid dienone is 1. The molecule has 0 radical (unpaired) electrons. The van der Waals surface area contributed by atoms with Crippen molar-refractivity contribution in [2.45, 2.75) is 6.92 Å². The lowest BCUT2D eigenvalue weighted by Gasteiger charge is -2.10. The Bertz CT molecular complexity index is 889. The van der Waals surface area contributed by atoms with Gasteiger partial charge in [0.1, 0.15) is 5.75 Å². The van der Waals surface area contributed by atoms with Crippen molar-refractivity contribution < 1.29 is 9.53 Å². The van der Waals surface area contributed by atoms with E-state index in [2.05, 4.69) is 10.9 Å². The van der Waals surface area contributed by atoms with Crippen LogP contribution in [0, 0.1) is 0 Å². The van der Waals surface area contributed by atoms with Crippen molar-refractivity contribution in [1.82, 2.24) is 10.9 Å². The standard InChI is InChI=1S/C21H20N2O2/c1-16(13-17-7-3-2-4-8-17)22-23-21(24)15-25-20-12-11-18-9-5-6-10-19(18)14-20/h2-14,22H,15H2,1H3,(H,23,24)/b16-13-. The highest BCUT2D eigenvalue weighted by Gasteiger charge is 2.03. The molecule has 25 heavy (non-hydrogen) atoms. The van der Waals surface area contributed by atoms with Gasteiger partial charge in [0, 0.05) is 5.70 Å². The van der Waals surface area contributed by atoms with Crippen molar-refractivity contribution in [1.29, 1.82) is 0 Å². The number of rotatable bonds is 6. The first kappa shape index (κ1) is 16.6. The number of fused-ring (bicyclic) bond motifs is 1. The fourth-order valence-electron chi connectivity index (χ4n) is 2.45. The number of nitrogens with one attached hydrogen (secondary N) is 2. The molecule has 126 valence electrons. The van der Waals surface area contributed by atoms with Gasteiger partial charge in [-0.1, -0.05) is 60.7 Å². The fraction of sp³-hybridized carbons (Fsp3) is 0.0952. The lowest BCUT2D eigenvalue weighted by molar-refractivity contribution is -0.123. The first-order valence-electron chi connectivity index (χ1n) is 8.10. The molecule has 4 nitrogen and oxygen atoms in total. The normalized spacial score (nSPS) is 11.2. The summed E-state index contributed by atoms with van der Waals surface area (Å²) in [6.45, 7) is 1.83. The number of carbonyl (C=O) groups is 1. The maximum Gasteiger partial charge on any atom is 0.276 e.